The fourth-order valence-corrected chi connectivity index (χ4v) is 4.67. The molecule has 0 saturated carbocycles. The molecule has 0 saturated heterocycles. The van der Waals surface area contributed by atoms with Crippen LogP contribution in [0.25, 0.3) is 11.4 Å². The highest BCUT2D eigenvalue weighted by Crippen LogP contribution is 2.28. The maximum absolute atomic E-state index is 12.9. The van der Waals surface area contributed by atoms with Gasteiger partial charge in [0.05, 0.1) is 11.8 Å². The summed E-state index contributed by atoms with van der Waals surface area (Å²) in [5, 5.41) is 12.4. The van der Waals surface area contributed by atoms with E-state index in [-0.39, 0.29) is 11.2 Å². The summed E-state index contributed by atoms with van der Waals surface area (Å²) in [6.45, 7) is 5.29. The van der Waals surface area contributed by atoms with Crippen molar-refractivity contribution in [3.63, 3.8) is 0 Å². The fraction of sp³-hybridized carbons (Fsp3) is 0.259. The van der Waals surface area contributed by atoms with Crippen molar-refractivity contribution < 1.29 is 4.79 Å². The zero-order chi connectivity index (χ0) is 23.8. The number of hydrogen-bond acceptors (Lipinski definition) is 5. The van der Waals surface area contributed by atoms with Crippen LogP contribution in [0.4, 0.5) is 0 Å². The van der Waals surface area contributed by atoms with Crippen LogP contribution in [0.2, 0.25) is 0 Å². The summed E-state index contributed by atoms with van der Waals surface area (Å²) in [5.41, 5.74) is 3.33. The van der Waals surface area contributed by atoms with E-state index in [2.05, 4.69) is 56.3 Å². The third kappa shape index (κ3) is 5.91. The van der Waals surface area contributed by atoms with Crippen molar-refractivity contribution >= 4 is 17.7 Å². The molecule has 2 aromatic carbocycles. The normalized spacial score (nSPS) is 12.8. The lowest BCUT2D eigenvalue weighted by Gasteiger charge is -2.18. The van der Waals surface area contributed by atoms with Gasteiger partial charge in [-0.15, -0.1) is 10.2 Å². The molecule has 0 unspecified atom stereocenters. The molecule has 2 heterocycles. The van der Waals surface area contributed by atoms with E-state index in [0.717, 1.165) is 23.4 Å². The third-order valence-electron chi connectivity index (χ3n) is 5.78. The lowest BCUT2D eigenvalue weighted by atomic mass is 9.96. The molecule has 2 atom stereocenters. The molecule has 0 aliphatic heterocycles. The second-order valence-electron chi connectivity index (χ2n) is 8.13. The van der Waals surface area contributed by atoms with Crippen molar-refractivity contribution in [1.29, 1.82) is 0 Å². The van der Waals surface area contributed by atoms with Gasteiger partial charge in [0.2, 0.25) is 5.91 Å². The molecule has 0 bridgehead atoms. The Kier molecular flexibility index (Phi) is 8.09. The van der Waals surface area contributed by atoms with E-state index in [1.54, 1.807) is 12.4 Å². The highest BCUT2D eigenvalue weighted by molar-refractivity contribution is 8.00. The number of carbonyl (C=O) groups excluding carboxylic acids is 1. The van der Waals surface area contributed by atoms with Crippen LogP contribution in [0, 0.1) is 0 Å². The largest absolute Gasteiger partial charge is 0.355 e. The Hall–Kier alpha value is -3.45. The second kappa shape index (κ2) is 11.6. The lowest BCUT2D eigenvalue weighted by Crippen LogP contribution is -2.34. The number of rotatable bonds is 10. The number of nitrogens with zero attached hydrogens (tertiary/aromatic N) is 4. The first kappa shape index (κ1) is 23.7. The van der Waals surface area contributed by atoms with Crippen LogP contribution in [0.15, 0.2) is 90.3 Å². The number of carbonyl (C=O) groups is 1. The number of thioether (sulfide) groups is 1. The highest BCUT2D eigenvalue weighted by atomic mass is 32.2. The van der Waals surface area contributed by atoms with E-state index in [0.29, 0.717) is 24.2 Å². The molecule has 0 fully saturated rings. The first-order valence-corrected chi connectivity index (χ1v) is 12.4. The van der Waals surface area contributed by atoms with E-state index in [1.807, 2.05) is 55.5 Å². The van der Waals surface area contributed by atoms with E-state index in [1.165, 1.54) is 17.3 Å². The van der Waals surface area contributed by atoms with Crippen molar-refractivity contribution in [2.45, 2.75) is 43.1 Å². The second-order valence-corrected chi connectivity index (χ2v) is 9.44. The first-order valence-electron chi connectivity index (χ1n) is 11.5. The number of pyridine rings is 1. The fourth-order valence-electron chi connectivity index (χ4n) is 3.80. The predicted molar refractivity (Wildman–Crippen MR) is 137 cm³/mol. The van der Waals surface area contributed by atoms with Crippen molar-refractivity contribution in [3.05, 3.63) is 96.3 Å². The highest BCUT2D eigenvalue weighted by Gasteiger charge is 2.22. The Morgan fingerprint density at radius 3 is 2.32 bits per heavy atom. The molecule has 4 rings (SSSR count). The van der Waals surface area contributed by atoms with Crippen molar-refractivity contribution in [3.8, 4) is 11.4 Å². The minimum absolute atomic E-state index is 0.000830. The van der Waals surface area contributed by atoms with Crippen LogP contribution < -0.4 is 5.32 Å². The summed E-state index contributed by atoms with van der Waals surface area (Å²) in [7, 11) is 0. The van der Waals surface area contributed by atoms with Gasteiger partial charge in [-0.05, 0) is 36.6 Å². The molecular weight excluding hydrogens is 442 g/mol. The van der Waals surface area contributed by atoms with Gasteiger partial charge in [-0.3, -0.25) is 14.3 Å². The van der Waals surface area contributed by atoms with Crippen molar-refractivity contribution in [2.24, 2.45) is 0 Å². The molecule has 2 aromatic heterocycles. The van der Waals surface area contributed by atoms with Gasteiger partial charge in [0.25, 0.3) is 0 Å². The van der Waals surface area contributed by atoms with Gasteiger partial charge in [-0.1, -0.05) is 79.3 Å². The smallest absolute Gasteiger partial charge is 0.233 e. The van der Waals surface area contributed by atoms with Crippen molar-refractivity contribution in [2.75, 3.05) is 6.54 Å². The average Bonchev–Trinajstić information content (AvgIpc) is 3.27. The Morgan fingerprint density at radius 2 is 1.65 bits per heavy atom. The number of amides is 1. The van der Waals surface area contributed by atoms with Crippen LogP contribution in [0.5, 0.6) is 0 Å². The van der Waals surface area contributed by atoms with Gasteiger partial charge < -0.3 is 5.32 Å². The van der Waals surface area contributed by atoms with Crippen molar-refractivity contribution in [1.82, 2.24) is 25.1 Å². The van der Waals surface area contributed by atoms with E-state index < -0.39 is 0 Å². The first-order chi connectivity index (χ1) is 16.7. The van der Waals surface area contributed by atoms with E-state index >= 15 is 0 Å². The summed E-state index contributed by atoms with van der Waals surface area (Å²) in [4.78, 5) is 17.1. The Labute approximate surface area is 204 Å². The van der Waals surface area contributed by atoms with Gasteiger partial charge in [0.15, 0.2) is 11.0 Å². The lowest BCUT2D eigenvalue weighted by molar-refractivity contribution is -0.120. The Morgan fingerprint density at radius 1 is 0.971 bits per heavy atom. The van der Waals surface area contributed by atoms with Gasteiger partial charge >= 0.3 is 0 Å². The molecule has 4 aromatic rings. The molecule has 1 N–H and O–H groups in total. The molecule has 0 radical (unpaired) electrons. The maximum Gasteiger partial charge on any atom is 0.233 e. The molecule has 0 spiro atoms. The van der Waals surface area contributed by atoms with Gasteiger partial charge in [-0.25, -0.2) is 0 Å². The summed E-state index contributed by atoms with van der Waals surface area (Å²) < 4.78 is 2.07. The monoisotopic (exact) mass is 471 g/mol. The van der Waals surface area contributed by atoms with Crippen LogP contribution in [-0.4, -0.2) is 37.5 Å². The van der Waals surface area contributed by atoms with Gasteiger partial charge in [-0.2, -0.15) is 0 Å². The number of benzene rings is 2. The van der Waals surface area contributed by atoms with E-state index in [4.69, 9.17) is 0 Å². The van der Waals surface area contributed by atoms with Gasteiger partial charge in [0, 0.05) is 30.4 Å². The van der Waals surface area contributed by atoms with Gasteiger partial charge in [0.1, 0.15) is 0 Å². The van der Waals surface area contributed by atoms with Crippen LogP contribution in [-0.2, 0) is 11.3 Å². The Balaban J connectivity index is 1.49. The predicted octanol–water partition coefficient (Wildman–Crippen LogP) is 5.18. The summed E-state index contributed by atoms with van der Waals surface area (Å²) >= 11 is 1.43. The van der Waals surface area contributed by atoms with E-state index in [9.17, 15) is 4.79 Å². The average molecular weight is 472 g/mol. The number of hydrogen-bond donors (Lipinski definition) is 1. The molecule has 6 nitrogen and oxygen atoms in total. The molecular formula is C27H29N5OS. The topological polar surface area (TPSA) is 72.7 Å². The SMILES string of the molecule is CC[C@H](CNC(=O)[C@H](C)Sc1nnc(-c2ccncc2)n1Cc1ccccc1)c1ccccc1. The summed E-state index contributed by atoms with van der Waals surface area (Å²) in [5.74, 6) is 1.05. The van der Waals surface area contributed by atoms with Crippen LogP contribution >= 0.6 is 11.8 Å². The summed E-state index contributed by atoms with van der Waals surface area (Å²) in [6.07, 6.45) is 4.46. The molecule has 0 aliphatic carbocycles. The summed E-state index contributed by atoms with van der Waals surface area (Å²) in [6, 6.07) is 24.4. The Bertz CT molecular complexity index is 1180. The zero-order valence-corrected chi connectivity index (χ0v) is 20.3. The molecule has 7 heteroatoms. The molecule has 1 amide bonds. The molecule has 0 aliphatic rings. The number of nitrogens with one attached hydrogen (secondary N) is 1. The minimum atomic E-state index is -0.308. The zero-order valence-electron chi connectivity index (χ0n) is 19.5. The molecule has 34 heavy (non-hydrogen) atoms. The number of aromatic nitrogens is 4. The molecule has 174 valence electrons. The quantitative estimate of drug-likeness (QED) is 0.323. The minimum Gasteiger partial charge on any atom is -0.355 e. The maximum atomic E-state index is 12.9. The standard InChI is InChI=1S/C27H29N5OS/c1-3-22(23-12-8-5-9-13-23)18-29-26(33)20(2)34-27-31-30-25(24-14-16-28-17-15-24)32(27)19-21-10-6-4-7-11-21/h4-17,20,22H,3,18-19H2,1-2H3,(H,29,33)/t20-,22+/m0/s1. The van der Waals surface area contributed by atoms with Crippen LogP contribution in [0.3, 0.4) is 0 Å². The third-order valence-corrected chi connectivity index (χ3v) is 6.86. The van der Waals surface area contributed by atoms with Crippen LogP contribution in [0.1, 0.15) is 37.3 Å².